The fourth-order valence-electron chi connectivity index (χ4n) is 5.16. The zero-order valence-electron chi connectivity index (χ0n) is 18.2. The number of aryl methyl sites for hydroxylation is 1. The molecule has 0 amide bonds. The standard InChI is InChI=1S/C24H26FN7/c1-13-3-4-14(10-28-13)7-19-29-22-20(16-8-15(25)9-17(27-2)21(16)31-22)23(30-19)32-11-24(12-32)6-5-18(24)26/h3-4,8-10,18,27H,5-7,11-12,26H2,1-2H3,(H,29,30,31). The molecule has 8 heteroatoms. The molecule has 32 heavy (non-hydrogen) atoms. The van der Waals surface area contributed by atoms with Gasteiger partial charge < -0.3 is 20.9 Å². The minimum atomic E-state index is -0.287. The lowest BCUT2D eigenvalue weighted by Gasteiger charge is -2.60. The van der Waals surface area contributed by atoms with E-state index in [-0.39, 0.29) is 17.3 Å². The Kier molecular flexibility index (Phi) is 4.17. The Hall–Kier alpha value is -3.26. The van der Waals surface area contributed by atoms with E-state index in [1.54, 1.807) is 13.1 Å². The molecule has 1 atom stereocenters. The zero-order chi connectivity index (χ0) is 22.0. The molecule has 1 saturated heterocycles. The van der Waals surface area contributed by atoms with E-state index in [2.05, 4.69) is 26.3 Å². The molecule has 4 N–H and O–H groups in total. The smallest absolute Gasteiger partial charge is 0.144 e. The number of aromatic amines is 1. The molecule has 2 fully saturated rings. The van der Waals surface area contributed by atoms with Crippen molar-refractivity contribution < 1.29 is 4.39 Å². The average molecular weight is 432 g/mol. The number of fused-ring (bicyclic) bond motifs is 3. The highest BCUT2D eigenvalue weighted by molar-refractivity contribution is 6.14. The highest BCUT2D eigenvalue weighted by atomic mass is 19.1. The van der Waals surface area contributed by atoms with E-state index in [0.717, 1.165) is 70.8 Å². The molecule has 164 valence electrons. The van der Waals surface area contributed by atoms with Gasteiger partial charge in [0.2, 0.25) is 0 Å². The Balaban J connectivity index is 1.50. The summed E-state index contributed by atoms with van der Waals surface area (Å²) in [5.41, 5.74) is 10.8. The van der Waals surface area contributed by atoms with Crippen molar-refractivity contribution >= 4 is 33.4 Å². The molecule has 3 aromatic heterocycles. The number of nitrogens with two attached hydrogens (primary N) is 1. The first kappa shape index (κ1) is 19.4. The van der Waals surface area contributed by atoms with Gasteiger partial charge in [-0.3, -0.25) is 4.98 Å². The number of nitrogens with zero attached hydrogens (tertiary/aromatic N) is 4. The van der Waals surface area contributed by atoms with Gasteiger partial charge in [0.1, 0.15) is 23.1 Å². The van der Waals surface area contributed by atoms with Gasteiger partial charge >= 0.3 is 0 Å². The maximum absolute atomic E-state index is 14.4. The van der Waals surface area contributed by atoms with Gasteiger partial charge in [-0.05, 0) is 43.5 Å². The molecule has 1 spiro atoms. The lowest BCUT2D eigenvalue weighted by molar-refractivity contribution is 0.0560. The van der Waals surface area contributed by atoms with E-state index in [0.29, 0.717) is 12.1 Å². The van der Waals surface area contributed by atoms with Crippen LogP contribution >= 0.6 is 0 Å². The van der Waals surface area contributed by atoms with Gasteiger partial charge in [0.05, 0.1) is 16.6 Å². The van der Waals surface area contributed by atoms with Crippen LogP contribution in [0, 0.1) is 18.2 Å². The van der Waals surface area contributed by atoms with Gasteiger partial charge in [-0.15, -0.1) is 0 Å². The van der Waals surface area contributed by atoms with Crippen LogP contribution in [0.2, 0.25) is 0 Å². The van der Waals surface area contributed by atoms with E-state index in [9.17, 15) is 4.39 Å². The number of rotatable bonds is 4. The minimum Gasteiger partial charge on any atom is -0.386 e. The topological polar surface area (TPSA) is 95.8 Å². The summed E-state index contributed by atoms with van der Waals surface area (Å²) < 4.78 is 14.4. The number of hydrogen-bond acceptors (Lipinski definition) is 6. The molecule has 1 saturated carbocycles. The second-order valence-corrected chi connectivity index (χ2v) is 9.29. The molecular formula is C24H26FN7. The molecule has 1 aliphatic carbocycles. The van der Waals surface area contributed by atoms with Crippen LogP contribution in [0.1, 0.15) is 29.9 Å². The molecule has 7 nitrogen and oxygen atoms in total. The molecule has 0 radical (unpaired) electrons. The predicted molar refractivity (Wildman–Crippen MR) is 125 cm³/mol. The van der Waals surface area contributed by atoms with Crippen LogP contribution in [-0.2, 0) is 6.42 Å². The molecule has 4 heterocycles. The number of H-pyrrole nitrogens is 1. The first-order valence-electron chi connectivity index (χ1n) is 11.1. The summed E-state index contributed by atoms with van der Waals surface area (Å²) in [6.45, 7) is 3.73. The molecule has 4 aromatic rings. The monoisotopic (exact) mass is 431 g/mol. The largest absolute Gasteiger partial charge is 0.386 e. The summed E-state index contributed by atoms with van der Waals surface area (Å²) in [6, 6.07) is 7.37. The maximum Gasteiger partial charge on any atom is 0.144 e. The van der Waals surface area contributed by atoms with E-state index < -0.39 is 0 Å². The van der Waals surface area contributed by atoms with Crippen LogP contribution in [0.3, 0.4) is 0 Å². The molecule has 1 aromatic carbocycles. The van der Waals surface area contributed by atoms with Gasteiger partial charge in [0, 0.05) is 55.3 Å². The van der Waals surface area contributed by atoms with Crippen molar-refractivity contribution in [3.8, 4) is 0 Å². The van der Waals surface area contributed by atoms with Crippen molar-refractivity contribution in [3.63, 3.8) is 0 Å². The van der Waals surface area contributed by atoms with Crippen molar-refractivity contribution in [1.82, 2.24) is 19.9 Å². The van der Waals surface area contributed by atoms with Crippen LogP contribution in [0.5, 0.6) is 0 Å². The van der Waals surface area contributed by atoms with Gasteiger partial charge in [0.25, 0.3) is 0 Å². The van der Waals surface area contributed by atoms with Crippen LogP contribution in [0.4, 0.5) is 15.9 Å². The third-order valence-electron chi connectivity index (χ3n) is 7.21. The van der Waals surface area contributed by atoms with E-state index in [1.165, 1.54) is 6.07 Å². The Bertz CT molecular complexity index is 1340. The molecule has 0 bridgehead atoms. The predicted octanol–water partition coefficient (Wildman–Crippen LogP) is 3.51. The molecular weight excluding hydrogens is 405 g/mol. The number of pyridine rings is 1. The highest BCUT2D eigenvalue weighted by Gasteiger charge is 2.53. The summed E-state index contributed by atoms with van der Waals surface area (Å²) in [5.74, 6) is 1.29. The molecule has 2 aliphatic rings. The molecule has 1 aliphatic heterocycles. The SMILES string of the molecule is CNc1cc(F)cc2c1[nH]c1nc(Cc3ccc(C)nc3)nc(N3CC4(CCC4N)C3)c12. The number of benzene rings is 1. The summed E-state index contributed by atoms with van der Waals surface area (Å²) in [4.78, 5) is 19.9. The second-order valence-electron chi connectivity index (χ2n) is 9.29. The third-order valence-corrected chi connectivity index (χ3v) is 7.21. The summed E-state index contributed by atoms with van der Waals surface area (Å²) >= 11 is 0. The quantitative estimate of drug-likeness (QED) is 0.458. The van der Waals surface area contributed by atoms with Gasteiger partial charge in [-0.2, -0.15) is 0 Å². The zero-order valence-corrected chi connectivity index (χ0v) is 18.2. The van der Waals surface area contributed by atoms with Crippen LogP contribution in [0.15, 0.2) is 30.5 Å². The van der Waals surface area contributed by atoms with Gasteiger partial charge in [-0.25, -0.2) is 14.4 Å². The Labute approximate surface area is 185 Å². The molecule has 1 unspecified atom stereocenters. The van der Waals surface area contributed by atoms with Gasteiger partial charge in [-0.1, -0.05) is 6.07 Å². The van der Waals surface area contributed by atoms with Crippen LogP contribution in [0.25, 0.3) is 21.9 Å². The summed E-state index contributed by atoms with van der Waals surface area (Å²) in [6.07, 6.45) is 4.70. The van der Waals surface area contributed by atoms with Crippen molar-refractivity contribution in [3.05, 3.63) is 53.4 Å². The summed E-state index contributed by atoms with van der Waals surface area (Å²) in [5, 5.41) is 4.75. The van der Waals surface area contributed by atoms with Crippen LogP contribution in [-0.4, -0.2) is 46.1 Å². The third kappa shape index (κ3) is 2.86. The Morgan fingerprint density at radius 2 is 2.12 bits per heavy atom. The van der Waals surface area contributed by atoms with E-state index >= 15 is 0 Å². The fraction of sp³-hybridized carbons (Fsp3) is 0.375. The maximum atomic E-state index is 14.4. The normalized spacial score (nSPS) is 19.4. The summed E-state index contributed by atoms with van der Waals surface area (Å²) in [7, 11) is 1.79. The Morgan fingerprint density at radius 3 is 2.78 bits per heavy atom. The van der Waals surface area contributed by atoms with Crippen molar-refractivity contribution in [1.29, 1.82) is 0 Å². The fourth-order valence-corrected chi connectivity index (χ4v) is 5.16. The van der Waals surface area contributed by atoms with Crippen molar-refractivity contribution in [2.75, 3.05) is 30.4 Å². The van der Waals surface area contributed by atoms with E-state index in [1.807, 2.05) is 19.2 Å². The Morgan fingerprint density at radius 1 is 1.28 bits per heavy atom. The first-order valence-corrected chi connectivity index (χ1v) is 11.1. The number of nitrogens with one attached hydrogen (secondary N) is 2. The number of hydrogen-bond donors (Lipinski definition) is 3. The second kappa shape index (κ2) is 6.87. The average Bonchev–Trinajstić information content (AvgIpc) is 3.11. The first-order chi connectivity index (χ1) is 15.5. The van der Waals surface area contributed by atoms with Crippen molar-refractivity contribution in [2.24, 2.45) is 11.1 Å². The number of aromatic nitrogens is 4. The number of halogens is 1. The molecule has 6 rings (SSSR count). The minimum absolute atomic E-state index is 0.200. The van der Waals surface area contributed by atoms with Gasteiger partial charge in [0.15, 0.2) is 0 Å². The highest BCUT2D eigenvalue weighted by Crippen LogP contribution is 2.50. The van der Waals surface area contributed by atoms with E-state index in [4.69, 9.17) is 15.7 Å². The lowest BCUT2D eigenvalue weighted by Crippen LogP contribution is -2.69. The number of anilines is 2. The van der Waals surface area contributed by atoms with Crippen LogP contribution < -0.4 is 16.0 Å². The van der Waals surface area contributed by atoms with Crippen molar-refractivity contribution in [2.45, 2.75) is 32.2 Å². The lowest BCUT2D eigenvalue weighted by atomic mass is 9.60.